The summed E-state index contributed by atoms with van der Waals surface area (Å²) in [5.41, 5.74) is 11.5. The third-order valence-corrected chi connectivity index (χ3v) is 8.66. The molecule has 0 radical (unpaired) electrons. The molecule has 1 aliphatic heterocycles. The van der Waals surface area contributed by atoms with Crippen LogP contribution in [-0.4, -0.2) is 120 Å². The Labute approximate surface area is 326 Å². The van der Waals surface area contributed by atoms with Gasteiger partial charge in [-0.25, -0.2) is 0 Å². The molecule has 0 aromatic heterocycles. The van der Waals surface area contributed by atoms with Gasteiger partial charge in [-0.3, -0.25) is 43.5 Å². The summed E-state index contributed by atoms with van der Waals surface area (Å²) in [4.78, 5) is 100.0. The highest BCUT2D eigenvalue weighted by atomic mass is 16.4. The Morgan fingerprint density at radius 2 is 1.48 bits per heavy atom. The molecule has 5 atom stereocenters. The van der Waals surface area contributed by atoms with E-state index in [0.29, 0.717) is 30.7 Å². The highest BCUT2D eigenvalue weighted by molar-refractivity contribution is 5.98. The van der Waals surface area contributed by atoms with E-state index in [1.165, 1.54) is 0 Å². The van der Waals surface area contributed by atoms with Gasteiger partial charge in [0.05, 0.1) is 13.0 Å². The van der Waals surface area contributed by atoms with Crippen molar-refractivity contribution in [3.8, 4) is 0 Å². The van der Waals surface area contributed by atoms with Crippen LogP contribution in [-0.2, 0) is 40.0 Å². The number of nitrogens with zero attached hydrogens (tertiary/aromatic N) is 2. The average molecular weight is 787 g/mol. The molecule has 1 fully saturated rings. The normalized spacial score (nSPS) is 20.4. The van der Waals surface area contributed by atoms with Gasteiger partial charge in [0.15, 0.2) is 5.96 Å². The van der Waals surface area contributed by atoms with E-state index in [4.69, 9.17) is 11.5 Å². The monoisotopic (exact) mass is 786 g/mol. The molecule has 0 bridgehead atoms. The first-order valence-electron chi connectivity index (χ1n) is 18.9. The van der Waals surface area contributed by atoms with Crippen LogP contribution in [0, 0.1) is 5.92 Å². The molecule has 1 aromatic carbocycles. The van der Waals surface area contributed by atoms with Gasteiger partial charge in [-0.15, -0.1) is 0 Å². The van der Waals surface area contributed by atoms with E-state index in [1.807, 2.05) is 0 Å². The number of aliphatic hydroxyl groups is 1. The zero-order valence-corrected chi connectivity index (χ0v) is 32.1. The summed E-state index contributed by atoms with van der Waals surface area (Å²) < 4.78 is 0. The number of amides is 6. The summed E-state index contributed by atoms with van der Waals surface area (Å²) in [5.74, 6) is -5.55. The lowest BCUT2D eigenvalue weighted by Crippen LogP contribution is -2.58. The summed E-state index contributed by atoms with van der Waals surface area (Å²) in [6.45, 7) is 3.63. The number of nitrogens with two attached hydrogens (primary N) is 2. The summed E-state index contributed by atoms with van der Waals surface area (Å²) >= 11 is 0. The van der Waals surface area contributed by atoms with Crippen molar-refractivity contribution in [1.82, 2.24) is 31.9 Å². The van der Waals surface area contributed by atoms with Gasteiger partial charge in [0.2, 0.25) is 35.4 Å². The molecule has 0 saturated carbocycles. The van der Waals surface area contributed by atoms with Crippen molar-refractivity contribution in [1.29, 1.82) is 0 Å². The third kappa shape index (κ3) is 18.6. The topological polar surface area (TPSA) is 309 Å². The van der Waals surface area contributed by atoms with Crippen LogP contribution in [0.1, 0.15) is 77.2 Å². The van der Waals surface area contributed by atoms with E-state index in [-0.39, 0.29) is 63.7 Å². The van der Waals surface area contributed by atoms with Crippen molar-refractivity contribution in [2.75, 3.05) is 26.2 Å². The Morgan fingerprint density at radius 1 is 0.857 bits per heavy atom. The minimum absolute atomic E-state index is 0.0376. The largest absolute Gasteiger partial charge is 0.481 e. The van der Waals surface area contributed by atoms with E-state index in [0.717, 1.165) is 6.42 Å². The van der Waals surface area contributed by atoms with Crippen LogP contribution in [0.5, 0.6) is 0 Å². The Bertz CT molecular complexity index is 1520. The SMILES string of the molecule is CC(C)CCC=N[C@@H](CCO)C(=O)NCCCC[C@@H]1NC(=O)[C@@H](Cc2ccccc2)NC(=O)[C@H](CC(=O)O)NC(=O)CNC(=O)[C@H](CCCN=C(N)N)NC1=O. The first-order valence-corrected chi connectivity index (χ1v) is 18.9. The molecule has 12 N–H and O–H groups in total. The number of unbranched alkanes of at least 4 members (excludes halogenated alkanes) is 1. The van der Waals surface area contributed by atoms with Gasteiger partial charge >= 0.3 is 5.97 Å². The molecule has 0 unspecified atom stereocenters. The van der Waals surface area contributed by atoms with E-state index in [2.05, 4.69) is 55.7 Å². The van der Waals surface area contributed by atoms with Crippen LogP contribution in [0.25, 0.3) is 0 Å². The quantitative estimate of drug-likeness (QED) is 0.0407. The molecule has 2 rings (SSSR count). The van der Waals surface area contributed by atoms with Crippen molar-refractivity contribution in [2.45, 2.75) is 108 Å². The second-order valence-corrected chi connectivity index (χ2v) is 13.9. The van der Waals surface area contributed by atoms with Gasteiger partial charge in [-0.2, -0.15) is 0 Å². The summed E-state index contributed by atoms with van der Waals surface area (Å²) in [6.07, 6.45) is 3.63. The molecular formula is C37H58N10O9. The van der Waals surface area contributed by atoms with Gasteiger partial charge in [0.25, 0.3) is 0 Å². The predicted octanol–water partition coefficient (Wildman–Crippen LogP) is -1.63. The number of nitrogens with one attached hydrogen (secondary N) is 6. The number of carboxylic acids is 1. The first kappa shape index (κ1) is 46.6. The number of aliphatic carboxylic acids is 1. The number of rotatable bonds is 20. The van der Waals surface area contributed by atoms with E-state index >= 15 is 0 Å². The number of guanidine groups is 1. The van der Waals surface area contributed by atoms with Crippen LogP contribution in [0.3, 0.4) is 0 Å². The van der Waals surface area contributed by atoms with Crippen LogP contribution in [0.15, 0.2) is 40.3 Å². The highest BCUT2D eigenvalue weighted by Gasteiger charge is 2.33. The van der Waals surface area contributed by atoms with Crippen molar-refractivity contribution >= 4 is 53.6 Å². The number of aliphatic hydroxyl groups excluding tert-OH is 1. The van der Waals surface area contributed by atoms with E-state index in [1.54, 1.807) is 36.5 Å². The molecule has 1 aliphatic rings. The summed E-state index contributed by atoms with van der Waals surface area (Å²) in [7, 11) is 0. The van der Waals surface area contributed by atoms with Crippen LogP contribution >= 0.6 is 0 Å². The fourth-order valence-corrected chi connectivity index (χ4v) is 5.65. The Morgan fingerprint density at radius 3 is 2.12 bits per heavy atom. The molecule has 1 aromatic rings. The maximum atomic E-state index is 13.9. The molecular weight excluding hydrogens is 728 g/mol. The standard InChI is InChI=1S/C37H58N10O9/c1-23(2)10-8-17-40-25(15-19-48)32(52)41-16-7-6-13-27-34(54)45-26(14-9-18-42-37(38)39)33(53)43-22-30(49)44-29(21-31(50)51)36(56)47-28(35(55)46-27)20-24-11-4-3-5-12-24/h3-5,11-12,17,23,25-29,48H,6-10,13-16,18-22H2,1-2H3,(H,41,52)(H,43,53)(H,44,49)(H,45,54)(H,46,55)(H,47,56)(H,50,51)(H4,38,39,42)/t25-,26-,27-,28+,29-/m0/s1. The fraction of sp³-hybridized carbons (Fsp3) is 0.595. The first-order chi connectivity index (χ1) is 26.7. The fourth-order valence-electron chi connectivity index (χ4n) is 5.65. The Kier molecular flexibility index (Phi) is 21.2. The molecule has 0 spiro atoms. The van der Waals surface area contributed by atoms with E-state index in [9.17, 15) is 43.8 Å². The van der Waals surface area contributed by atoms with Crippen LogP contribution in [0.4, 0.5) is 0 Å². The van der Waals surface area contributed by atoms with Gasteiger partial charge < -0.3 is 53.6 Å². The van der Waals surface area contributed by atoms with Crippen molar-refractivity contribution in [3.63, 3.8) is 0 Å². The highest BCUT2D eigenvalue weighted by Crippen LogP contribution is 2.10. The number of carbonyl (C=O) groups is 7. The maximum absolute atomic E-state index is 13.9. The number of aliphatic imine (C=N–C) groups is 2. The lowest BCUT2D eigenvalue weighted by Gasteiger charge is -2.26. The number of carbonyl (C=O) groups excluding carboxylic acids is 6. The smallest absolute Gasteiger partial charge is 0.305 e. The lowest BCUT2D eigenvalue weighted by molar-refractivity contribution is -0.141. The second kappa shape index (κ2) is 25.5. The third-order valence-electron chi connectivity index (χ3n) is 8.66. The number of hydrogen-bond acceptors (Lipinski definition) is 10. The lowest BCUT2D eigenvalue weighted by atomic mass is 10.0. The van der Waals surface area contributed by atoms with Gasteiger partial charge in [0.1, 0.15) is 30.2 Å². The van der Waals surface area contributed by atoms with Crippen LogP contribution < -0.4 is 43.4 Å². The van der Waals surface area contributed by atoms with Gasteiger partial charge in [0, 0.05) is 32.5 Å². The minimum atomic E-state index is -1.60. The zero-order valence-electron chi connectivity index (χ0n) is 32.1. The van der Waals surface area contributed by atoms with Gasteiger partial charge in [-0.05, 0) is 62.6 Å². The molecule has 19 heteroatoms. The van der Waals surface area contributed by atoms with E-state index < -0.39 is 78.7 Å². The maximum Gasteiger partial charge on any atom is 0.305 e. The average Bonchev–Trinajstić information content (AvgIpc) is 3.14. The van der Waals surface area contributed by atoms with Crippen molar-refractivity contribution < 1.29 is 43.8 Å². The number of benzene rings is 1. The predicted molar refractivity (Wildman–Crippen MR) is 208 cm³/mol. The minimum Gasteiger partial charge on any atom is -0.481 e. The molecule has 0 aliphatic carbocycles. The molecule has 1 heterocycles. The Hall–Kier alpha value is -5.59. The molecule has 310 valence electrons. The molecule has 56 heavy (non-hydrogen) atoms. The summed E-state index contributed by atoms with van der Waals surface area (Å²) in [5, 5.41) is 34.3. The molecule has 19 nitrogen and oxygen atoms in total. The van der Waals surface area contributed by atoms with Crippen molar-refractivity contribution in [2.24, 2.45) is 27.4 Å². The number of hydrogen-bond donors (Lipinski definition) is 10. The Balaban J connectivity index is 2.34. The van der Waals surface area contributed by atoms with Crippen molar-refractivity contribution in [3.05, 3.63) is 35.9 Å². The molecule has 6 amide bonds. The number of carboxylic acid groups (broad SMARTS) is 1. The summed E-state index contributed by atoms with van der Waals surface area (Å²) in [6, 6.07) is 2.56. The zero-order chi connectivity index (χ0) is 41.5. The van der Waals surface area contributed by atoms with Gasteiger partial charge in [-0.1, -0.05) is 44.2 Å². The molecule has 1 saturated heterocycles. The second-order valence-electron chi connectivity index (χ2n) is 13.9. The van der Waals surface area contributed by atoms with Crippen LogP contribution in [0.2, 0.25) is 0 Å².